The van der Waals surface area contributed by atoms with E-state index in [-0.39, 0.29) is 6.03 Å². The molecule has 1 aliphatic heterocycles. The second kappa shape index (κ2) is 7.84. The van der Waals surface area contributed by atoms with Crippen LogP contribution in [-0.4, -0.2) is 75.6 Å². The Bertz CT molecular complexity index is 999. The van der Waals surface area contributed by atoms with E-state index in [9.17, 15) is 13.6 Å². The van der Waals surface area contributed by atoms with E-state index >= 15 is 0 Å². The number of rotatable bonds is 5. The van der Waals surface area contributed by atoms with Crippen molar-refractivity contribution in [3.05, 3.63) is 18.0 Å². The van der Waals surface area contributed by atoms with Gasteiger partial charge in [0.1, 0.15) is 5.82 Å². The van der Waals surface area contributed by atoms with E-state index < -0.39 is 14.1 Å². The molecule has 1 fully saturated rings. The van der Waals surface area contributed by atoms with Gasteiger partial charge >= 0.3 is 6.03 Å². The van der Waals surface area contributed by atoms with Crippen molar-refractivity contribution in [2.24, 2.45) is 0 Å². The van der Waals surface area contributed by atoms with Crippen LogP contribution in [-0.2, 0) is 18.8 Å². The fourth-order valence-corrected chi connectivity index (χ4v) is 4.15. The number of carbonyl (C=O) groups excluding carboxylic acids is 1. The molecule has 0 unspecified atom stereocenters. The van der Waals surface area contributed by atoms with Crippen LogP contribution in [0.3, 0.4) is 0 Å². The summed E-state index contributed by atoms with van der Waals surface area (Å²) in [6, 6.07) is 1.40. The maximum absolute atomic E-state index is 13.1. The van der Waals surface area contributed by atoms with Crippen LogP contribution < -0.4 is 15.5 Å². The van der Waals surface area contributed by atoms with Crippen LogP contribution in [0, 0.1) is 0 Å². The predicted molar refractivity (Wildman–Crippen MR) is 120 cm³/mol. The SMILES string of the molecule is CNC(=O)Nc1ncc(-c2nc(N3CCOCC3)cc(C(C)(C)S(C)(C)(=O)O)n2)s1. The zero-order valence-electron chi connectivity index (χ0n) is 17.8. The molecule has 0 aromatic carbocycles. The predicted octanol–water partition coefficient (Wildman–Crippen LogP) is 1.98. The number of nitrogens with one attached hydrogen (secondary N) is 2. The van der Waals surface area contributed by atoms with Gasteiger partial charge in [0.25, 0.3) is 0 Å². The lowest BCUT2D eigenvalue weighted by Gasteiger charge is -2.48. The molecule has 0 bridgehead atoms. The van der Waals surface area contributed by atoms with E-state index in [2.05, 4.69) is 30.5 Å². The first-order valence-corrected chi connectivity index (χ1v) is 13.0. The van der Waals surface area contributed by atoms with Gasteiger partial charge in [-0.25, -0.2) is 24.0 Å². The summed E-state index contributed by atoms with van der Waals surface area (Å²) in [6.07, 6.45) is 4.29. The minimum absolute atomic E-state index is 0.374. The van der Waals surface area contributed by atoms with Gasteiger partial charge in [0.05, 0.1) is 34.7 Å². The van der Waals surface area contributed by atoms with Gasteiger partial charge < -0.3 is 19.5 Å². The second-order valence-corrected chi connectivity index (χ2v) is 13.6. The normalized spacial score (nSPS) is 16.6. The van der Waals surface area contributed by atoms with Gasteiger partial charge in [-0.3, -0.25) is 5.32 Å². The molecule has 0 atom stereocenters. The van der Waals surface area contributed by atoms with Crippen molar-refractivity contribution in [2.75, 3.05) is 56.1 Å². The van der Waals surface area contributed by atoms with Crippen LogP contribution in [0.1, 0.15) is 19.5 Å². The highest BCUT2D eigenvalue weighted by Crippen LogP contribution is 2.41. The molecular weight excluding hydrogens is 428 g/mol. The highest BCUT2D eigenvalue weighted by molar-refractivity contribution is 8.14. The van der Waals surface area contributed by atoms with Gasteiger partial charge in [0.15, 0.2) is 11.0 Å². The van der Waals surface area contributed by atoms with Crippen molar-refractivity contribution in [1.29, 1.82) is 0 Å². The Morgan fingerprint density at radius 2 is 1.97 bits per heavy atom. The van der Waals surface area contributed by atoms with Crippen LogP contribution in [0.25, 0.3) is 10.7 Å². The van der Waals surface area contributed by atoms with Crippen molar-refractivity contribution >= 4 is 37.7 Å². The largest absolute Gasteiger partial charge is 0.378 e. The molecule has 3 N–H and O–H groups in total. The van der Waals surface area contributed by atoms with Gasteiger partial charge in [0, 0.05) is 38.7 Å². The number of ether oxygens (including phenoxy) is 1. The summed E-state index contributed by atoms with van der Waals surface area (Å²) in [7, 11) is -2.49. The highest BCUT2D eigenvalue weighted by atomic mass is 32.3. The lowest BCUT2D eigenvalue weighted by molar-refractivity contribution is 0.122. The Balaban J connectivity index is 2.09. The number of nitrogens with zero attached hydrogens (tertiary/aromatic N) is 4. The zero-order chi connectivity index (χ0) is 22.2. The highest BCUT2D eigenvalue weighted by Gasteiger charge is 2.40. The second-order valence-electron chi connectivity index (χ2n) is 8.04. The van der Waals surface area contributed by atoms with Crippen LogP contribution in [0.4, 0.5) is 15.7 Å². The van der Waals surface area contributed by atoms with Gasteiger partial charge in [-0.1, -0.05) is 11.3 Å². The summed E-state index contributed by atoms with van der Waals surface area (Å²) in [5, 5.41) is 5.50. The number of amides is 2. The number of carbonyl (C=O) groups is 1. The van der Waals surface area contributed by atoms with Crippen molar-refractivity contribution in [3.8, 4) is 10.7 Å². The summed E-state index contributed by atoms with van der Waals surface area (Å²) in [5.74, 6) is 1.05. The van der Waals surface area contributed by atoms with Crippen molar-refractivity contribution in [1.82, 2.24) is 20.3 Å². The Kier molecular flexibility index (Phi) is 5.89. The molecule has 10 nitrogen and oxygen atoms in total. The molecule has 3 rings (SSSR count). The molecule has 3 heterocycles. The summed E-state index contributed by atoms with van der Waals surface area (Å²) < 4.78 is 28.2. The Morgan fingerprint density at radius 3 is 2.57 bits per heavy atom. The number of morpholine rings is 1. The minimum atomic E-state index is -4.01. The molecule has 0 saturated carbocycles. The lowest BCUT2D eigenvalue weighted by Crippen LogP contribution is -2.48. The number of anilines is 2. The number of thiazole rings is 1. The third-order valence-corrected chi connectivity index (χ3v) is 9.33. The summed E-state index contributed by atoms with van der Waals surface area (Å²) in [4.78, 5) is 27.8. The van der Waals surface area contributed by atoms with E-state index in [4.69, 9.17) is 4.74 Å². The molecule has 2 aromatic heterocycles. The Hall–Kier alpha value is -2.15. The van der Waals surface area contributed by atoms with Crippen molar-refractivity contribution in [2.45, 2.75) is 18.6 Å². The quantitative estimate of drug-likeness (QED) is 0.623. The average Bonchev–Trinajstić information content (AvgIpc) is 3.15. The molecule has 30 heavy (non-hydrogen) atoms. The van der Waals surface area contributed by atoms with Crippen LogP contribution in [0.5, 0.6) is 0 Å². The lowest BCUT2D eigenvalue weighted by atomic mass is 10.1. The molecule has 0 aliphatic carbocycles. The number of aromatic nitrogens is 3. The van der Waals surface area contributed by atoms with E-state index in [1.165, 1.54) is 30.9 Å². The molecule has 1 aliphatic rings. The van der Waals surface area contributed by atoms with Gasteiger partial charge in [-0.15, -0.1) is 0 Å². The molecule has 0 radical (unpaired) electrons. The van der Waals surface area contributed by atoms with E-state index in [0.29, 0.717) is 53.6 Å². The topological polar surface area (TPSA) is 130 Å². The molecular formula is C18H28N6O4S2. The van der Waals surface area contributed by atoms with Crippen molar-refractivity contribution < 1.29 is 18.3 Å². The summed E-state index contributed by atoms with van der Waals surface area (Å²) in [5.41, 5.74) is 0.465. The van der Waals surface area contributed by atoms with Crippen LogP contribution >= 0.6 is 11.3 Å². The summed E-state index contributed by atoms with van der Waals surface area (Å²) >= 11 is 1.23. The average molecular weight is 457 g/mol. The Morgan fingerprint density at radius 1 is 1.30 bits per heavy atom. The molecule has 1 saturated heterocycles. The van der Waals surface area contributed by atoms with Gasteiger partial charge in [-0.2, -0.15) is 9.35 Å². The third-order valence-electron chi connectivity index (χ3n) is 5.30. The van der Waals surface area contributed by atoms with Crippen LogP contribution in [0.15, 0.2) is 12.3 Å². The van der Waals surface area contributed by atoms with Crippen molar-refractivity contribution in [3.63, 3.8) is 0 Å². The van der Waals surface area contributed by atoms with E-state index in [1.807, 2.05) is 0 Å². The first kappa shape index (κ1) is 22.5. The monoisotopic (exact) mass is 456 g/mol. The molecule has 2 amide bonds. The number of urea groups is 1. The fourth-order valence-electron chi connectivity index (χ4n) is 2.70. The Labute approximate surface area is 179 Å². The molecule has 12 heteroatoms. The standard InChI is InChI=1S/C18H28N6O4S2/c1-18(2,30(4,5,26)27)13-10-14(24-6-8-28-9-7-24)22-15(21-13)12-11-20-17(29-12)23-16(25)19-3/h10-11H,6-9H2,1-5H3,(H,26,27)(H2,19,20,23,25). The maximum Gasteiger partial charge on any atom is 0.320 e. The number of hydrogen-bond acceptors (Lipinski definition) is 8. The first-order valence-electron chi connectivity index (χ1n) is 9.41. The molecule has 2 aromatic rings. The maximum atomic E-state index is 13.1. The van der Waals surface area contributed by atoms with E-state index in [0.717, 1.165) is 0 Å². The van der Waals surface area contributed by atoms with Gasteiger partial charge in [0.2, 0.25) is 0 Å². The molecule has 166 valence electrons. The molecule has 0 spiro atoms. The minimum Gasteiger partial charge on any atom is -0.378 e. The fraction of sp³-hybridized carbons (Fsp3) is 0.556. The first-order chi connectivity index (χ1) is 13.9. The summed E-state index contributed by atoms with van der Waals surface area (Å²) in [6.45, 7) is 5.92. The number of hydrogen-bond donors (Lipinski definition) is 3. The third kappa shape index (κ3) is 4.61. The smallest absolute Gasteiger partial charge is 0.320 e. The van der Waals surface area contributed by atoms with Gasteiger partial charge in [-0.05, 0) is 13.8 Å². The van der Waals surface area contributed by atoms with E-state index in [1.54, 1.807) is 26.1 Å². The zero-order valence-corrected chi connectivity index (χ0v) is 19.4. The van der Waals surface area contributed by atoms with Crippen LogP contribution in [0.2, 0.25) is 0 Å².